The van der Waals surface area contributed by atoms with E-state index >= 15 is 0 Å². The van der Waals surface area contributed by atoms with Gasteiger partial charge in [0.1, 0.15) is 28.3 Å². The average molecular weight is 258 g/mol. The zero-order chi connectivity index (χ0) is 12.6. The van der Waals surface area contributed by atoms with E-state index in [0.717, 1.165) is 18.2 Å². The largest absolute Gasteiger partial charge is 0.324 e. The highest BCUT2D eigenvalue weighted by atomic mass is 35.5. The van der Waals surface area contributed by atoms with Gasteiger partial charge < -0.3 is 10.3 Å². The Morgan fingerprint density at radius 2 is 2.12 bits per heavy atom. The molecule has 1 aromatic heterocycles. The minimum Gasteiger partial charge on any atom is -0.324 e. The fourth-order valence-corrected chi connectivity index (χ4v) is 1.80. The van der Waals surface area contributed by atoms with Gasteiger partial charge >= 0.3 is 0 Å². The highest BCUT2D eigenvalue weighted by Crippen LogP contribution is 2.30. The Morgan fingerprint density at radius 1 is 1.41 bits per heavy atom. The number of hydrogen-bond acceptors (Lipinski definition) is 2. The molecule has 0 atom stereocenters. The maximum Gasteiger partial charge on any atom is 0.136 e. The number of benzene rings is 1. The summed E-state index contributed by atoms with van der Waals surface area (Å²) in [5, 5.41) is 0.231. The highest BCUT2D eigenvalue weighted by molar-refractivity contribution is 6.32. The molecular formula is C11H10ClF2N3. The molecule has 1 heterocycles. The van der Waals surface area contributed by atoms with Crippen molar-refractivity contribution >= 4 is 11.6 Å². The van der Waals surface area contributed by atoms with E-state index in [1.807, 2.05) is 0 Å². The number of hydrogen-bond donors (Lipinski definition) is 1. The molecule has 2 aromatic rings. The Hall–Kier alpha value is -1.46. The summed E-state index contributed by atoms with van der Waals surface area (Å²) in [6.45, 7) is 0.174. The second kappa shape index (κ2) is 4.43. The van der Waals surface area contributed by atoms with Crippen LogP contribution in [0.5, 0.6) is 0 Å². The second-order valence-electron chi connectivity index (χ2n) is 3.55. The SMILES string of the molecule is Cn1c(CN)nc(-c2cc(F)ccc2F)c1Cl. The molecule has 0 saturated carbocycles. The molecule has 0 fully saturated rings. The van der Waals surface area contributed by atoms with Crippen molar-refractivity contribution in [3.05, 3.63) is 40.8 Å². The van der Waals surface area contributed by atoms with Crippen LogP contribution in [-0.2, 0) is 13.6 Å². The van der Waals surface area contributed by atoms with Gasteiger partial charge in [0.15, 0.2) is 0 Å². The van der Waals surface area contributed by atoms with Gasteiger partial charge in [-0.1, -0.05) is 11.6 Å². The standard InChI is InChI=1S/C11H10ClF2N3/c1-17-9(5-15)16-10(11(17)12)7-4-6(13)2-3-8(7)14/h2-4H,5,15H2,1H3. The van der Waals surface area contributed by atoms with Gasteiger partial charge in [-0.15, -0.1) is 0 Å². The van der Waals surface area contributed by atoms with Gasteiger partial charge in [0.05, 0.1) is 6.54 Å². The van der Waals surface area contributed by atoms with Gasteiger partial charge in [0.25, 0.3) is 0 Å². The summed E-state index contributed by atoms with van der Waals surface area (Å²) in [6, 6.07) is 3.14. The maximum atomic E-state index is 13.6. The monoisotopic (exact) mass is 257 g/mol. The predicted octanol–water partition coefficient (Wildman–Crippen LogP) is 2.48. The Bertz CT molecular complexity index is 566. The summed E-state index contributed by atoms with van der Waals surface area (Å²) in [4.78, 5) is 4.10. The maximum absolute atomic E-state index is 13.6. The molecule has 90 valence electrons. The Balaban J connectivity index is 2.64. The smallest absolute Gasteiger partial charge is 0.136 e. The lowest BCUT2D eigenvalue weighted by molar-refractivity contribution is 0.602. The number of halogens is 3. The quantitative estimate of drug-likeness (QED) is 0.898. The van der Waals surface area contributed by atoms with Crippen molar-refractivity contribution in [3.8, 4) is 11.3 Å². The average Bonchev–Trinajstić information content (AvgIpc) is 2.59. The molecule has 2 rings (SSSR count). The lowest BCUT2D eigenvalue weighted by atomic mass is 10.1. The molecule has 0 radical (unpaired) electrons. The summed E-state index contributed by atoms with van der Waals surface area (Å²) < 4.78 is 28.2. The number of nitrogens with zero attached hydrogens (tertiary/aromatic N) is 2. The first-order valence-electron chi connectivity index (χ1n) is 4.91. The normalized spacial score (nSPS) is 10.9. The first kappa shape index (κ1) is 12.0. The first-order valence-corrected chi connectivity index (χ1v) is 5.29. The van der Waals surface area contributed by atoms with Crippen LogP contribution in [-0.4, -0.2) is 9.55 Å². The van der Waals surface area contributed by atoms with Gasteiger partial charge in [-0.2, -0.15) is 0 Å². The third-order valence-corrected chi connectivity index (χ3v) is 2.92. The van der Waals surface area contributed by atoms with Crippen LogP contribution < -0.4 is 5.73 Å². The molecule has 3 nitrogen and oxygen atoms in total. The molecule has 0 amide bonds. The lowest BCUT2D eigenvalue weighted by Crippen LogP contribution is -2.04. The predicted molar refractivity (Wildman–Crippen MR) is 61.5 cm³/mol. The van der Waals surface area contributed by atoms with Crippen molar-refractivity contribution < 1.29 is 8.78 Å². The number of nitrogens with two attached hydrogens (primary N) is 1. The first-order chi connectivity index (χ1) is 8.04. The van der Waals surface area contributed by atoms with Crippen molar-refractivity contribution in [2.45, 2.75) is 6.54 Å². The van der Waals surface area contributed by atoms with Gasteiger partial charge in [0.2, 0.25) is 0 Å². The number of aromatic nitrogens is 2. The molecule has 0 aliphatic heterocycles. The third kappa shape index (κ3) is 2.03. The van der Waals surface area contributed by atoms with E-state index in [2.05, 4.69) is 4.98 Å². The highest BCUT2D eigenvalue weighted by Gasteiger charge is 2.17. The van der Waals surface area contributed by atoms with Crippen molar-refractivity contribution in [2.75, 3.05) is 0 Å². The van der Waals surface area contributed by atoms with E-state index in [1.165, 1.54) is 0 Å². The summed E-state index contributed by atoms with van der Waals surface area (Å²) >= 11 is 6.01. The molecule has 6 heteroatoms. The fraction of sp³-hybridized carbons (Fsp3) is 0.182. The van der Waals surface area contributed by atoms with E-state index in [4.69, 9.17) is 17.3 Å². The van der Waals surface area contributed by atoms with Crippen LogP contribution in [0.25, 0.3) is 11.3 Å². The number of rotatable bonds is 2. The van der Waals surface area contributed by atoms with Crippen molar-refractivity contribution in [1.29, 1.82) is 0 Å². The van der Waals surface area contributed by atoms with E-state index in [9.17, 15) is 8.78 Å². The van der Waals surface area contributed by atoms with Crippen LogP contribution in [0, 0.1) is 11.6 Å². The van der Waals surface area contributed by atoms with Crippen LogP contribution >= 0.6 is 11.6 Å². The van der Waals surface area contributed by atoms with Gasteiger partial charge in [-0.25, -0.2) is 13.8 Å². The molecule has 0 saturated heterocycles. The van der Waals surface area contributed by atoms with E-state index < -0.39 is 11.6 Å². The van der Waals surface area contributed by atoms with Gasteiger partial charge in [-0.05, 0) is 18.2 Å². The topological polar surface area (TPSA) is 43.8 Å². The van der Waals surface area contributed by atoms with Crippen LogP contribution in [0.4, 0.5) is 8.78 Å². The van der Waals surface area contributed by atoms with E-state index in [1.54, 1.807) is 11.6 Å². The van der Waals surface area contributed by atoms with Crippen LogP contribution in [0.3, 0.4) is 0 Å². The minimum atomic E-state index is -0.574. The summed E-state index contributed by atoms with van der Waals surface area (Å²) in [5.74, 6) is -0.610. The molecule has 1 aromatic carbocycles. The zero-order valence-electron chi connectivity index (χ0n) is 9.04. The molecule has 0 unspecified atom stereocenters. The third-order valence-electron chi connectivity index (χ3n) is 2.48. The molecule has 0 aliphatic rings. The van der Waals surface area contributed by atoms with Crippen molar-refractivity contribution in [2.24, 2.45) is 12.8 Å². The molecule has 2 N–H and O–H groups in total. The fourth-order valence-electron chi connectivity index (χ4n) is 1.56. The Kier molecular flexibility index (Phi) is 3.13. The van der Waals surface area contributed by atoms with E-state index in [0.29, 0.717) is 5.82 Å². The Morgan fingerprint density at radius 3 is 2.71 bits per heavy atom. The second-order valence-corrected chi connectivity index (χ2v) is 3.91. The van der Waals surface area contributed by atoms with Gasteiger partial charge in [-0.3, -0.25) is 0 Å². The van der Waals surface area contributed by atoms with Gasteiger partial charge in [0, 0.05) is 12.6 Å². The zero-order valence-corrected chi connectivity index (χ0v) is 9.80. The Labute approximate surface area is 102 Å². The molecule has 17 heavy (non-hydrogen) atoms. The van der Waals surface area contributed by atoms with Crippen LogP contribution in [0.2, 0.25) is 5.15 Å². The van der Waals surface area contributed by atoms with Crippen LogP contribution in [0.1, 0.15) is 5.82 Å². The molecule has 0 aliphatic carbocycles. The minimum absolute atomic E-state index is 0.0327. The molecular weight excluding hydrogens is 248 g/mol. The van der Waals surface area contributed by atoms with E-state index in [-0.39, 0.29) is 23.0 Å². The number of imidazole rings is 1. The summed E-state index contributed by atoms with van der Waals surface area (Å²) in [6.07, 6.45) is 0. The van der Waals surface area contributed by atoms with Crippen molar-refractivity contribution in [3.63, 3.8) is 0 Å². The molecule has 0 spiro atoms. The van der Waals surface area contributed by atoms with Crippen LogP contribution in [0.15, 0.2) is 18.2 Å². The summed E-state index contributed by atoms with van der Waals surface area (Å²) in [7, 11) is 1.66. The molecule has 0 bridgehead atoms. The lowest BCUT2D eigenvalue weighted by Gasteiger charge is -2.01. The van der Waals surface area contributed by atoms with Crippen molar-refractivity contribution in [1.82, 2.24) is 9.55 Å². The summed E-state index contributed by atoms with van der Waals surface area (Å²) in [5.41, 5.74) is 5.70.